The van der Waals surface area contributed by atoms with E-state index >= 15 is 0 Å². The van der Waals surface area contributed by atoms with Crippen LogP contribution in [0.15, 0.2) is 65.4 Å². The second kappa shape index (κ2) is 9.22. The van der Waals surface area contributed by atoms with Gasteiger partial charge in [0.05, 0.1) is 17.9 Å². The fraction of sp³-hybridized carbons (Fsp3) is 0.280. The van der Waals surface area contributed by atoms with E-state index in [0.29, 0.717) is 18.8 Å². The van der Waals surface area contributed by atoms with Crippen LogP contribution in [0.25, 0.3) is 0 Å². The predicted molar refractivity (Wildman–Crippen MR) is 131 cm³/mol. The number of carbonyl (C=O) groups excluding carboxylic acids is 1. The molecule has 32 heavy (non-hydrogen) atoms. The molecule has 1 saturated heterocycles. The van der Waals surface area contributed by atoms with Crippen molar-refractivity contribution in [1.29, 1.82) is 0 Å². The number of halogens is 2. The standard InChI is InChI=1S/C25H24BrClN4O/c26-19-5-7-22-17(14-19)3-4-18-15-20(27)6-8-23(18)24(22)30-10-12-31(13-11-30)25(32)29-21-2-1-9-28-16-21/h1-2,5-9,14-16,24H,3-4,10-13H2,(H,29,32). The maximum Gasteiger partial charge on any atom is 0.321 e. The zero-order valence-corrected chi connectivity index (χ0v) is 19.9. The molecular weight excluding hydrogens is 488 g/mol. The third-order valence-corrected chi connectivity index (χ3v) is 7.07. The highest BCUT2D eigenvalue weighted by molar-refractivity contribution is 9.10. The number of hydrogen-bond donors (Lipinski definition) is 1. The molecule has 0 spiro atoms. The monoisotopic (exact) mass is 510 g/mol. The van der Waals surface area contributed by atoms with Crippen molar-refractivity contribution in [2.45, 2.75) is 18.9 Å². The van der Waals surface area contributed by atoms with Crippen LogP contribution in [0.2, 0.25) is 5.02 Å². The minimum Gasteiger partial charge on any atom is -0.322 e. The minimum absolute atomic E-state index is 0.0740. The van der Waals surface area contributed by atoms with Gasteiger partial charge in [0.15, 0.2) is 0 Å². The number of aryl methyl sites for hydroxylation is 2. The molecule has 1 unspecified atom stereocenters. The quantitative estimate of drug-likeness (QED) is 0.492. The SMILES string of the molecule is O=C(Nc1cccnc1)N1CCN(C2c3ccc(Cl)cc3CCc3cc(Br)ccc32)CC1. The lowest BCUT2D eigenvalue weighted by molar-refractivity contribution is 0.126. The van der Waals surface area contributed by atoms with E-state index in [1.54, 1.807) is 12.4 Å². The molecule has 1 aliphatic carbocycles. The van der Waals surface area contributed by atoms with E-state index in [9.17, 15) is 4.79 Å². The predicted octanol–water partition coefficient (Wildman–Crippen LogP) is 5.54. The van der Waals surface area contributed by atoms with Gasteiger partial charge in [0, 0.05) is 41.9 Å². The highest BCUT2D eigenvalue weighted by atomic mass is 79.9. The van der Waals surface area contributed by atoms with Crippen molar-refractivity contribution in [3.8, 4) is 0 Å². The molecule has 5 nitrogen and oxygen atoms in total. The zero-order valence-electron chi connectivity index (χ0n) is 17.6. The number of hydrogen-bond acceptors (Lipinski definition) is 3. The fourth-order valence-electron chi connectivity index (χ4n) is 4.77. The third-order valence-electron chi connectivity index (χ3n) is 6.34. The lowest BCUT2D eigenvalue weighted by atomic mass is 9.92. The minimum atomic E-state index is -0.0740. The Labute approximate surface area is 201 Å². The molecule has 1 N–H and O–H groups in total. The Balaban J connectivity index is 1.38. The van der Waals surface area contributed by atoms with Crippen LogP contribution >= 0.6 is 27.5 Å². The average molecular weight is 512 g/mol. The average Bonchev–Trinajstić information content (AvgIpc) is 2.96. The van der Waals surface area contributed by atoms with Gasteiger partial charge in [0.2, 0.25) is 0 Å². The second-order valence-electron chi connectivity index (χ2n) is 8.28. The summed E-state index contributed by atoms with van der Waals surface area (Å²) in [6.07, 6.45) is 5.33. The molecule has 2 heterocycles. The van der Waals surface area contributed by atoms with Crippen LogP contribution in [-0.2, 0) is 12.8 Å². The Morgan fingerprint density at radius 2 is 1.72 bits per heavy atom. The van der Waals surface area contributed by atoms with E-state index in [1.165, 1.54) is 22.3 Å². The van der Waals surface area contributed by atoms with Gasteiger partial charge in [-0.25, -0.2) is 4.79 Å². The third kappa shape index (κ3) is 4.40. The Morgan fingerprint density at radius 3 is 2.44 bits per heavy atom. The summed E-state index contributed by atoms with van der Waals surface area (Å²) in [5, 5.41) is 3.73. The highest BCUT2D eigenvalue weighted by Crippen LogP contribution is 2.39. The number of anilines is 1. The molecule has 1 atom stereocenters. The summed E-state index contributed by atoms with van der Waals surface area (Å²) < 4.78 is 1.11. The first kappa shape index (κ1) is 21.4. The van der Waals surface area contributed by atoms with Crippen molar-refractivity contribution in [2.75, 3.05) is 31.5 Å². The van der Waals surface area contributed by atoms with Crippen LogP contribution in [0, 0.1) is 0 Å². The first-order valence-electron chi connectivity index (χ1n) is 10.8. The summed E-state index contributed by atoms with van der Waals surface area (Å²) in [7, 11) is 0. The van der Waals surface area contributed by atoms with Crippen molar-refractivity contribution in [3.05, 3.63) is 92.7 Å². The summed E-state index contributed by atoms with van der Waals surface area (Å²) in [6, 6.07) is 16.7. The number of urea groups is 1. The smallest absolute Gasteiger partial charge is 0.321 e. The van der Waals surface area contributed by atoms with Crippen LogP contribution in [0.1, 0.15) is 28.3 Å². The van der Waals surface area contributed by atoms with E-state index in [-0.39, 0.29) is 12.1 Å². The lowest BCUT2D eigenvalue weighted by Crippen LogP contribution is -2.51. The number of nitrogens with zero attached hydrogens (tertiary/aromatic N) is 3. The molecular formula is C25H24BrClN4O. The van der Waals surface area contributed by atoms with Crippen molar-refractivity contribution in [1.82, 2.24) is 14.8 Å². The number of amides is 2. The molecule has 2 aliphatic rings. The van der Waals surface area contributed by atoms with Gasteiger partial charge < -0.3 is 10.2 Å². The zero-order chi connectivity index (χ0) is 22.1. The maximum atomic E-state index is 12.7. The van der Waals surface area contributed by atoms with Gasteiger partial charge in [-0.05, 0) is 71.5 Å². The Kier molecular flexibility index (Phi) is 6.17. The first-order chi connectivity index (χ1) is 15.6. The molecule has 1 fully saturated rings. The van der Waals surface area contributed by atoms with E-state index in [2.05, 4.69) is 61.5 Å². The molecule has 2 aromatic carbocycles. The molecule has 7 heteroatoms. The van der Waals surface area contributed by atoms with E-state index in [0.717, 1.165) is 35.4 Å². The number of rotatable bonds is 2. The van der Waals surface area contributed by atoms with Gasteiger partial charge in [-0.1, -0.05) is 39.7 Å². The summed E-state index contributed by atoms with van der Waals surface area (Å²) in [6.45, 7) is 2.97. The molecule has 2 amide bonds. The van der Waals surface area contributed by atoms with Crippen molar-refractivity contribution >= 4 is 39.2 Å². The molecule has 0 saturated carbocycles. The van der Waals surface area contributed by atoms with Crippen molar-refractivity contribution in [3.63, 3.8) is 0 Å². The summed E-state index contributed by atoms with van der Waals surface area (Å²) in [5.41, 5.74) is 6.07. The number of carbonyl (C=O) groups is 1. The largest absolute Gasteiger partial charge is 0.322 e. The first-order valence-corrected chi connectivity index (χ1v) is 12.0. The number of fused-ring (bicyclic) bond motifs is 2. The normalized spacial score (nSPS) is 18.4. The number of piperazine rings is 1. The number of nitrogens with one attached hydrogen (secondary N) is 1. The number of pyridine rings is 1. The molecule has 5 rings (SSSR count). The lowest BCUT2D eigenvalue weighted by Gasteiger charge is -2.40. The van der Waals surface area contributed by atoms with E-state index in [1.807, 2.05) is 23.1 Å². The van der Waals surface area contributed by atoms with E-state index < -0.39 is 0 Å². The molecule has 164 valence electrons. The van der Waals surface area contributed by atoms with Gasteiger partial charge in [-0.2, -0.15) is 0 Å². The summed E-state index contributed by atoms with van der Waals surface area (Å²) in [4.78, 5) is 21.2. The highest BCUT2D eigenvalue weighted by Gasteiger charge is 2.32. The second-order valence-corrected chi connectivity index (χ2v) is 9.64. The van der Waals surface area contributed by atoms with Crippen LogP contribution in [-0.4, -0.2) is 47.0 Å². The molecule has 0 radical (unpaired) electrons. The number of aromatic nitrogens is 1. The Hall–Kier alpha value is -2.41. The van der Waals surface area contributed by atoms with Gasteiger partial charge in [-0.3, -0.25) is 9.88 Å². The molecule has 0 bridgehead atoms. The van der Waals surface area contributed by atoms with Gasteiger partial charge in [0.25, 0.3) is 0 Å². The van der Waals surface area contributed by atoms with Crippen LogP contribution in [0.5, 0.6) is 0 Å². The van der Waals surface area contributed by atoms with Crippen molar-refractivity contribution < 1.29 is 4.79 Å². The van der Waals surface area contributed by atoms with Gasteiger partial charge >= 0.3 is 6.03 Å². The fourth-order valence-corrected chi connectivity index (χ4v) is 5.37. The maximum absolute atomic E-state index is 12.7. The van der Waals surface area contributed by atoms with E-state index in [4.69, 9.17) is 11.6 Å². The van der Waals surface area contributed by atoms with Crippen molar-refractivity contribution in [2.24, 2.45) is 0 Å². The summed E-state index contributed by atoms with van der Waals surface area (Å²) >= 11 is 9.98. The molecule has 3 aromatic rings. The summed E-state index contributed by atoms with van der Waals surface area (Å²) in [5.74, 6) is 0. The van der Waals surface area contributed by atoms with Gasteiger partial charge in [-0.15, -0.1) is 0 Å². The Bertz CT molecular complexity index is 1080. The topological polar surface area (TPSA) is 48.5 Å². The van der Waals surface area contributed by atoms with Crippen LogP contribution in [0.4, 0.5) is 10.5 Å². The van der Waals surface area contributed by atoms with Gasteiger partial charge in [0.1, 0.15) is 0 Å². The van der Waals surface area contributed by atoms with Crippen LogP contribution in [0.3, 0.4) is 0 Å². The molecule has 1 aromatic heterocycles. The van der Waals surface area contributed by atoms with Crippen LogP contribution < -0.4 is 5.32 Å². The Morgan fingerprint density at radius 1 is 1.00 bits per heavy atom. The number of benzene rings is 2. The molecule has 1 aliphatic heterocycles.